The zero-order valence-electron chi connectivity index (χ0n) is 12.0. The molecule has 0 atom stereocenters. The minimum atomic E-state index is -1.06. The van der Waals surface area contributed by atoms with E-state index >= 15 is 0 Å². The fraction of sp³-hybridized carbons (Fsp3) is 0.385. The number of carboxylic acids is 1. The number of primary amides is 1. The number of amides is 1. The first-order valence-corrected chi connectivity index (χ1v) is 7.23. The van der Waals surface area contributed by atoms with Crippen molar-refractivity contribution in [2.45, 2.75) is 31.5 Å². The molecule has 8 heteroatoms. The summed E-state index contributed by atoms with van der Waals surface area (Å²) < 4.78 is 1.60. The van der Waals surface area contributed by atoms with Crippen LogP contribution in [0.4, 0.5) is 0 Å². The third-order valence-electron chi connectivity index (χ3n) is 3.10. The van der Waals surface area contributed by atoms with Crippen molar-refractivity contribution in [1.82, 2.24) is 14.5 Å². The topological polar surface area (TPSA) is 111 Å². The second-order valence-electron chi connectivity index (χ2n) is 5.13. The van der Waals surface area contributed by atoms with Gasteiger partial charge >= 0.3 is 5.97 Å². The lowest BCUT2D eigenvalue weighted by Crippen LogP contribution is -2.41. The molecule has 3 N–H and O–H groups in total. The van der Waals surface area contributed by atoms with E-state index in [1.54, 1.807) is 24.5 Å². The van der Waals surface area contributed by atoms with Gasteiger partial charge in [-0.05, 0) is 32.9 Å². The van der Waals surface area contributed by atoms with Crippen LogP contribution < -0.4 is 5.73 Å². The first kappa shape index (κ1) is 15.3. The van der Waals surface area contributed by atoms with Gasteiger partial charge in [0.15, 0.2) is 10.8 Å². The maximum absolute atomic E-state index is 11.8. The van der Waals surface area contributed by atoms with Crippen LogP contribution in [0.2, 0.25) is 0 Å². The van der Waals surface area contributed by atoms with Crippen molar-refractivity contribution in [2.24, 2.45) is 5.73 Å². The maximum Gasteiger partial charge on any atom is 0.313 e. The lowest BCUT2D eigenvalue weighted by Gasteiger charge is -2.24. The number of imidazole rings is 1. The van der Waals surface area contributed by atoms with Crippen LogP contribution in [0.5, 0.6) is 0 Å². The summed E-state index contributed by atoms with van der Waals surface area (Å²) in [5.41, 5.74) is 6.31. The second-order valence-corrected chi connectivity index (χ2v) is 6.07. The van der Waals surface area contributed by atoms with E-state index in [1.165, 1.54) is 0 Å². The number of hydrogen-bond donors (Lipinski definition) is 2. The van der Waals surface area contributed by atoms with Gasteiger partial charge in [-0.2, -0.15) is 0 Å². The van der Waals surface area contributed by atoms with Gasteiger partial charge in [-0.25, -0.2) is 9.97 Å². The summed E-state index contributed by atoms with van der Waals surface area (Å²) in [7, 11) is 0. The number of carbonyl (C=O) groups is 2. The van der Waals surface area contributed by atoms with Gasteiger partial charge in [-0.1, -0.05) is 11.8 Å². The number of hydrogen-bond acceptors (Lipinski definition) is 5. The predicted molar refractivity (Wildman–Crippen MR) is 79.1 cm³/mol. The number of fused-ring (bicyclic) bond motifs is 1. The molecule has 7 nitrogen and oxygen atoms in total. The number of aryl methyl sites for hydroxylation is 1. The smallest absolute Gasteiger partial charge is 0.313 e. The van der Waals surface area contributed by atoms with Crippen LogP contribution >= 0.6 is 11.8 Å². The van der Waals surface area contributed by atoms with Gasteiger partial charge in [0.05, 0.1) is 5.75 Å². The Morgan fingerprint density at radius 2 is 2.05 bits per heavy atom. The number of nitrogens with zero attached hydrogens (tertiary/aromatic N) is 3. The van der Waals surface area contributed by atoms with E-state index in [4.69, 9.17) is 10.8 Å². The molecule has 0 aliphatic rings. The largest absolute Gasteiger partial charge is 0.481 e. The molecule has 0 saturated heterocycles. The quantitative estimate of drug-likeness (QED) is 0.801. The van der Waals surface area contributed by atoms with Gasteiger partial charge in [-0.15, -0.1) is 0 Å². The molecule has 2 heterocycles. The van der Waals surface area contributed by atoms with Crippen molar-refractivity contribution in [2.75, 3.05) is 5.75 Å². The van der Waals surface area contributed by atoms with Gasteiger partial charge < -0.3 is 10.8 Å². The van der Waals surface area contributed by atoms with Crippen LogP contribution in [-0.2, 0) is 15.1 Å². The first-order valence-electron chi connectivity index (χ1n) is 6.24. The van der Waals surface area contributed by atoms with Crippen LogP contribution in [-0.4, -0.2) is 37.3 Å². The molecule has 2 aromatic rings. The van der Waals surface area contributed by atoms with Crippen LogP contribution in [0.1, 0.15) is 19.5 Å². The zero-order chi connectivity index (χ0) is 15.8. The van der Waals surface area contributed by atoms with E-state index in [0.717, 1.165) is 17.5 Å². The Hall–Kier alpha value is -2.09. The number of carboxylic acid groups (broad SMARTS) is 1. The van der Waals surface area contributed by atoms with E-state index in [2.05, 4.69) is 9.97 Å². The van der Waals surface area contributed by atoms with Gasteiger partial charge in [0.25, 0.3) is 0 Å². The Labute approximate surface area is 125 Å². The van der Waals surface area contributed by atoms with Crippen LogP contribution in [0.15, 0.2) is 17.3 Å². The van der Waals surface area contributed by atoms with Crippen molar-refractivity contribution in [3.05, 3.63) is 17.8 Å². The molecule has 0 bridgehead atoms. The van der Waals surface area contributed by atoms with Crippen LogP contribution in [0, 0.1) is 6.92 Å². The van der Waals surface area contributed by atoms with Crippen molar-refractivity contribution >= 4 is 34.8 Å². The molecular formula is C13H16N4O3S. The summed E-state index contributed by atoms with van der Waals surface area (Å²) in [5.74, 6) is -1.65. The highest BCUT2D eigenvalue weighted by atomic mass is 32.2. The van der Waals surface area contributed by atoms with E-state index in [0.29, 0.717) is 16.3 Å². The maximum atomic E-state index is 11.8. The van der Waals surface area contributed by atoms with E-state index in [1.807, 2.05) is 13.0 Å². The lowest BCUT2D eigenvalue weighted by atomic mass is 10.1. The first-order chi connectivity index (χ1) is 9.73. The Balaban J connectivity index is 2.67. The summed E-state index contributed by atoms with van der Waals surface area (Å²) in [6.45, 7) is 5.15. The molecule has 0 radical (unpaired) electrons. The van der Waals surface area contributed by atoms with Gasteiger partial charge in [0, 0.05) is 5.69 Å². The molecule has 0 unspecified atom stereocenters. The molecule has 0 aliphatic heterocycles. The van der Waals surface area contributed by atoms with Gasteiger partial charge in [0.2, 0.25) is 5.91 Å². The highest BCUT2D eigenvalue weighted by Gasteiger charge is 2.32. The van der Waals surface area contributed by atoms with Crippen molar-refractivity contribution < 1.29 is 14.7 Å². The summed E-state index contributed by atoms with van der Waals surface area (Å²) >= 11 is 1.04. The summed E-state index contributed by atoms with van der Waals surface area (Å²) in [6.07, 6.45) is 0. The second kappa shape index (κ2) is 5.36. The van der Waals surface area contributed by atoms with Gasteiger partial charge in [0.1, 0.15) is 11.1 Å². The molecule has 2 aromatic heterocycles. The molecule has 0 aromatic carbocycles. The molecule has 0 aliphatic carbocycles. The highest BCUT2D eigenvalue weighted by Crippen LogP contribution is 2.30. The molecule has 21 heavy (non-hydrogen) atoms. The van der Waals surface area contributed by atoms with E-state index < -0.39 is 17.4 Å². The fourth-order valence-electron chi connectivity index (χ4n) is 1.87. The number of pyridine rings is 1. The Kier molecular flexibility index (Phi) is 3.91. The number of carbonyl (C=O) groups excluding carboxylic acids is 1. The number of aliphatic carboxylic acids is 1. The highest BCUT2D eigenvalue weighted by molar-refractivity contribution is 7.99. The Morgan fingerprint density at radius 1 is 1.38 bits per heavy atom. The monoisotopic (exact) mass is 308 g/mol. The molecule has 1 amide bonds. The van der Waals surface area contributed by atoms with E-state index in [-0.39, 0.29) is 5.75 Å². The van der Waals surface area contributed by atoms with Crippen molar-refractivity contribution in [3.8, 4) is 0 Å². The summed E-state index contributed by atoms with van der Waals surface area (Å²) in [5, 5.41) is 9.24. The SMILES string of the molecule is Cc1ccc2nc(SCC(=O)O)n(C(C)(C)C(N)=O)c2n1. The number of rotatable bonds is 5. The number of thioether (sulfide) groups is 1. The molecule has 0 spiro atoms. The molecule has 0 saturated carbocycles. The summed E-state index contributed by atoms with van der Waals surface area (Å²) in [4.78, 5) is 31.3. The van der Waals surface area contributed by atoms with Crippen LogP contribution in [0.3, 0.4) is 0 Å². The average molecular weight is 308 g/mol. The molecule has 2 rings (SSSR count). The van der Waals surface area contributed by atoms with E-state index in [9.17, 15) is 9.59 Å². The van der Waals surface area contributed by atoms with Crippen LogP contribution in [0.25, 0.3) is 11.2 Å². The Bertz CT molecular complexity index is 724. The average Bonchev–Trinajstić information content (AvgIpc) is 2.74. The fourth-order valence-corrected chi connectivity index (χ4v) is 2.73. The normalized spacial score (nSPS) is 11.8. The number of nitrogens with two attached hydrogens (primary N) is 1. The number of aromatic nitrogens is 3. The zero-order valence-corrected chi connectivity index (χ0v) is 12.8. The van der Waals surface area contributed by atoms with Gasteiger partial charge in [-0.3, -0.25) is 14.2 Å². The van der Waals surface area contributed by atoms with Crippen molar-refractivity contribution in [1.29, 1.82) is 0 Å². The minimum Gasteiger partial charge on any atom is -0.481 e. The molecule has 112 valence electrons. The Morgan fingerprint density at radius 3 is 2.62 bits per heavy atom. The standard InChI is InChI=1S/C13H16N4O3S/c1-7-4-5-8-10(15-7)17(13(2,3)11(14)20)12(16-8)21-6-9(18)19/h4-5H,6H2,1-3H3,(H2,14,20)(H,18,19). The molecular weight excluding hydrogens is 292 g/mol. The van der Waals surface area contributed by atoms with Crippen molar-refractivity contribution in [3.63, 3.8) is 0 Å². The lowest BCUT2D eigenvalue weighted by molar-refractivity contribution is -0.133. The third-order valence-corrected chi connectivity index (χ3v) is 4.02. The molecule has 0 fully saturated rings. The summed E-state index contributed by atoms with van der Waals surface area (Å²) in [6, 6.07) is 3.60. The predicted octanol–water partition coefficient (Wildman–Crippen LogP) is 1.14. The minimum absolute atomic E-state index is 0.156. The third kappa shape index (κ3) is 2.85.